The molecular weight excluding hydrogens is 460 g/mol. The summed E-state index contributed by atoms with van der Waals surface area (Å²) in [5.74, 6) is -0.931. The molecule has 1 fully saturated rings. The van der Waals surface area contributed by atoms with Gasteiger partial charge in [-0.15, -0.1) is 0 Å². The van der Waals surface area contributed by atoms with Crippen LogP contribution in [0.4, 0.5) is 5.13 Å². The predicted octanol–water partition coefficient (Wildman–Crippen LogP) is 5.94. The number of aliphatic hydroxyl groups excluding tert-OH is 1. The molecule has 1 saturated heterocycles. The molecular formula is C28H24N2O4S. The number of aromatic nitrogens is 1. The Bertz CT molecular complexity index is 1470. The molecule has 176 valence electrons. The van der Waals surface area contributed by atoms with Gasteiger partial charge >= 0.3 is 5.91 Å². The molecule has 0 aliphatic carbocycles. The first-order valence-electron chi connectivity index (χ1n) is 11.4. The summed E-state index contributed by atoms with van der Waals surface area (Å²) in [6, 6.07) is 19.6. The van der Waals surface area contributed by atoms with Crippen LogP contribution in [0.2, 0.25) is 0 Å². The van der Waals surface area contributed by atoms with Crippen molar-refractivity contribution in [3.63, 3.8) is 0 Å². The number of aryl methyl sites for hydroxylation is 2. The first-order valence-corrected chi connectivity index (χ1v) is 12.2. The van der Waals surface area contributed by atoms with Crippen molar-refractivity contribution in [2.24, 2.45) is 0 Å². The predicted molar refractivity (Wildman–Crippen MR) is 138 cm³/mol. The van der Waals surface area contributed by atoms with E-state index in [4.69, 9.17) is 4.74 Å². The van der Waals surface area contributed by atoms with Crippen LogP contribution >= 0.6 is 11.3 Å². The smallest absolute Gasteiger partial charge is 0.301 e. The number of rotatable bonds is 5. The number of carbonyl (C=O) groups is 2. The second-order valence-electron chi connectivity index (χ2n) is 8.50. The fourth-order valence-electron chi connectivity index (χ4n) is 4.21. The normalized spacial score (nSPS) is 17.3. The van der Waals surface area contributed by atoms with Gasteiger partial charge in [-0.3, -0.25) is 14.5 Å². The van der Waals surface area contributed by atoms with E-state index in [0.29, 0.717) is 28.6 Å². The molecule has 1 aromatic heterocycles. The van der Waals surface area contributed by atoms with Gasteiger partial charge in [0.15, 0.2) is 5.13 Å². The maximum atomic E-state index is 13.4. The highest BCUT2D eigenvalue weighted by Gasteiger charge is 2.48. The van der Waals surface area contributed by atoms with Gasteiger partial charge in [-0.05, 0) is 44.5 Å². The molecule has 5 rings (SSSR count). The minimum absolute atomic E-state index is 0.0527. The Morgan fingerprint density at radius 1 is 1.00 bits per heavy atom. The van der Waals surface area contributed by atoms with Crippen molar-refractivity contribution in [3.8, 4) is 5.75 Å². The number of benzene rings is 3. The minimum atomic E-state index is -0.802. The Labute approximate surface area is 207 Å². The summed E-state index contributed by atoms with van der Waals surface area (Å²) in [6.45, 7) is 6.37. The van der Waals surface area contributed by atoms with Gasteiger partial charge in [0.2, 0.25) is 0 Å². The van der Waals surface area contributed by atoms with Gasteiger partial charge in [0.1, 0.15) is 11.5 Å². The largest absolute Gasteiger partial charge is 0.507 e. The van der Waals surface area contributed by atoms with Crippen LogP contribution in [0, 0.1) is 13.8 Å². The number of ether oxygens (including phenoxy) is 1. The zero-order valence-corrected chi connectivity index (χ0v) is 20.4. The lowest BCUT2D eigenvalue weighted by Gasteiger charge is -2.23. The molecule has 6 nitrogen and oxygen atoms in total. The molecule has 7 heteroatoms. The Morgan fingerprint density at radius 3 is 2.31 bits per heavy atom. The van der Waals surface area contributed by atoms with E-state index in [2.05, 4.69) is 4.98 Å². The van der Waals surface area contributed by atoms with Crippen molar-refractivity contribution in [1.82, 2.24) is 4.98 Å². The molecule has 1 aliphatic rings. The number of hydrogen-bond donors (Lipinski definition) is 1. The number of Topliss-reactive ketones (excluding diaryl/α,β-unsaturated/α-hetero) is 1. The second-order valence-corrected chi connectivity index (χ2v) is 9.51. The van der Waals surface area contributed by atoms with Crippen LogP contribution in [-0.4, -0.2) is 28.4 Å². The van der Waals surface area contributed by atoms with Crippen LogP contribution in [0.15, 0.2) is 72.3 Å². The van der Waals surface area contributed by atoms with Crippen LogP contribution in [0.1, 0.15) is 35.2 Å². The maximum absolute atomic E-state index is 13.4. The number of thiazole rings is 1. The first kappa shape index (κ1) is 22.8. The van der Waals surface area contributed by atoms with E-state index in [1.54, 1.807) is 12.1 Å². The van der Waals surface area contributed by atoms with Crippen LogP contribution in [0.5, 0.6) is 5.75 Å². The Kier molecular flexibility index (Phi) is 5.86. The number of anilines is 1. The standard InChI is InChI=1S/C28H24N2O4S/c1-4-34-20-13-14-21-22(15-20)35-28(29-21)30-24(18-9-5-16(2)6-10-18)23(26(32)27(30)33)25(31)19-11-7-17(3)8-12-19/h5-15,24,31H,4H2,1-3H3/t24-/m0/s1. The quantitative estimate of drug-likeness (QED) is 0.215. The molecule has 0 unspecified atom stereocenters. The molecule has 1 amide bonds. The number of aliphatic hydroxyl groups is 1. The lowest BCUT2D eigenvalue weighted by atomic mass is 9.94. The molecule has 1 N–H and O–H groups in total. The summed E-state index contributed by atoms with van der Waals surface area (Å²) in [6.07, 6.45) is 0. The highest BCUT2D eigenvalue weighted by Crippen LogP contribution is 2.44. The van der Waals surface area contributed by atoms with Crippen LogP contribution in [-0.2, 0) is 9.59 Å². The van der Waals surface area contributed by atoms with E-state index in [1.165, 1.54) is 16.2 Å². The molecule has 0 saturated carbocycles. The summed E-state index contributed by atoms with van der Waals surface area (Å²) in [7, 11) is 0. The highest BCUT2D eigenvalue weighted by atomic mass is 32.1. The van der Waals surface area contributed by atoms with E-state index in [9.17, 15) is 14.7 Å². The van der Waals surface area contributed by atoms with E-state index < -0.39 is 17.7 Å². The van der Waals surface area contributed by atoms with E-state index in [0.717, 1.165) is 21.4 Å². The number of nitrogens with zero attached hydrogens (tertiary/aromatic N) is 2. The molecule has 0 spiro atoms. The van der Waals surface area contributed by atoms with Crippen molar-refractivity contribution in [2.75, 3.05) is 11.5 Å². The van der Waals surface area contributed by atoms with Crippen LogP contribution < -0.4 is 9.64 Å². The van der Waals surface area contributed by atoms with Gasteiger partial charge in [-0.1, -0.05) is 71.0 Å². The number of carbonyl (C=O) groups excluding carboxylic acids is 2. The van der Waals surface area contributed by atoms with E-state index >= 15 is 0 Å². The van der Waals surface area contributed by atoms with Crippen LogP contribution in [0.25, 0.3) is 16.0 Å². The van der Waals surface area contributed by atoms with Crippen molar-refractivity contribution in [3.05, 3.63) is 94.6 Å². The van der Waals surface area contributed by atoms with Crippen molar-refractivity contribution in [1.29, 1.82) is 0 Å². The zero-order chi connectivity index (χ0) is 24.7. The molecule has 2 heterocycles. The number of amides is 1. The van der Waals surface area contributed by atoms with Crippen molar-refractivity contribution >= 4 is 44.1 Å². The van der Waals surface area contributed by atoms with Gasteiger partial charge in [0, 0.05) is 5.56 Å². The molecule has 1 aliphatic heterocycles. The highest BCUT2D eigenvalue weighted by molar-refractivity contribution is 7.22. The maximum Gasteiger partial charge on any atom is 0.301 e. The third kappa shape index (κ3) is 4.08. The lowest BCUT2D eigenvalue weighted by Crippen LogP contribution is -2.29. The summed E-state index contributed by atoms with van der Waals surface area (Å²) in [4.78, 5) is 32.8. The molecule has 0 bridgehead atoms. The SMILES string of the molecule is CCOc1ccc2nc(N3C(=O)C(=O)C(=C(O)c4ccc(C)cc4)[C@@H]3c3ccc(C)cc3)sc2c1. The molecule has 35 heavy (non-hydrogen) atoms. The molecule has 1 atom stereocenters. The monoisotopic (exact) mass is 484 g/mol. The van der Waals surface area contributed by atoms with E-state index in [1.807, 2.05) is 75.4 Å². The summed E-state index contributed by atoms with van der Waals surface area (Å²) >= 11 is 1.31. The Hall–Kier alpha value is -3.97. The summed E-state index contributed by atoms with van der Waals surface area (Å²) in [5, 5.41) is 11.6. The van der Waals surface area contributed by atoms with Gasteiger partial charge in [-0.2, -0.15) is 0 Å². The van der Waals surface area contributed by atoms with Gasteiger partial charge < -0.3 is 9.84 Å². The molecule has 0 radical (unpaired) electrons. The van der Waals surface area contributed by atoms with E-state index in [-0.39, 0.29) is 11.3 Å². The number of fused-ring (bicyclic) bond motifs is 1. The third-order valence-corrected chi connectivity index (χ3v) is 7.05. The average molecular weight is 485 g/mol. The van der Waals surface area contributed by atoms with Gasteiger partial charge in [-0.25, -0.2) is 4.98 Å². The summed E-state index contributed by atoms with van der Waals surface area (Å²) in [5.41, 5.74) is 4.04. The topological polar surface area (TPSA) is 79.7 Å². The van der Waals surface area contributed by atoms with Gasteiger partial charge in [0.05, 0.1) is 28.4 Å². The number of ketones is 1. The second kappa shape index (κ2) is 9.00. The minimum Gasteiger partial charge on any atom is -0.507 e. The lowest BCUT2D eigenvalue weighted by molar-refractivity contribution is -0.132. The number of hydrogen-bond acceptors (Lipinski definition) is 6. The summed E-state index contributed by atoms with van der Waals surface area (Å²) < 4.78 is 6.44. The third-order valence-electron chi connectivity index (χ3n) is 6.03. The first-order chi connectivity index (χ1) is 16.9. The average Bonchev–Trinajstić information content (AvgIpc) is 3.38. The fourth-order valence-corrected chi connectivity index (χ4v) is 5.23. The van der Waals surface area contributed by atoms with Crippen LogP contribution in [0.3, 0.4) is 0 Å². The molecule has 4 aromatic rings. The Morgan fingerprint density at radius 2 is 1.66 bits per heavy atom. The van der Waals surface area contributed by atoms with Gasteiger partial charge in [0.25, 0.3) is 5.78 Å². The van der Waals surface area contributed by atoms with Crippen molar-refractivity contribution in [2.45, 2.75) is 26.8 Å². The zero-order valence-electron chi connectivity index (χ0n) is 19.6. The Balaban J connectivity index is 1.69. The fraction of sp³-hybridized carbons (Fsp3) is 0.179. The van der Waals surface area contributed by atoms with Crippen molar-refractivity contribution < 1.29 is 19.4 Å². The molecule has 3 aromatic carbocycles.